The maximum Gasteiger partial charge on any atom is 0.397 e. The number of rotatable bonds is 4. The number of hydrogen-bond donors (Lipinski definition) is 1. The molecule has 2 amide bonds. The SMILES string of the molecule is CCOC(=O)C(=O)Nc1nnc(C2CC(=O)N(c3ccccc3)C2)s1. The zero-order valence-electron chi connectivity index (χ0n) is 13.5. The van der Waals surface area contributed by atoms with Crippen LogP contribution >= 0.6 is 11.3 Å². The normalized spacial score (nSPS) is 16.8. The molecular weight excluding hydrogens is 344 g/mol. The van der Waals surface area contributed by atoms with Crippen LogP contribution in [0.15, 0.2) is 30.3 Å². The molecule has 0 saturated carbocycles. The number of ether oxygens (including phenoxy) is 1. The fourth-order valence-corrected chi connectivity index (χ4v) is 3.35. The summed E-state index contributed by atoms with van der Waals surface area (Å²) >= 11 is 1.15. The molecule has 1 saturated heterocycles. The third kappa shape index (κ3) is 3.82. The van der Waals surface area contributed by atoms with Gasteiger partial charge >= 0.3 is 11.9 Å². The van der Waals surface area contributed by atoms with E-state index < -0.39 is 11.9 Å². The van der Waals surface area contributed by atoms with Crippen LogP contribution in [0.4, 0.5) is 10.8 Å². The lowest BCUT2D eigenvalue weighted by Crippen LogP contribution is -2.24. The van der Waals surface area contributed by atoms with Crippen LogP contribution < -0.4 is 10.2 Å². The van der Waals surface area contributed by atoms with Crippen LogP contribution in [0.1, 0.15) is 24.3 Å². The van der Waals surface area contributed by atoms with Crippen LogP contribution in [0.5, 0.6) is 0 Å². The van der Waals surface area contributed by atoms with Gasteiger partial charge < -0.3 is 9.64 Å². The smallest absolute Gasteiger partial charge is 0.397 e. The Morgan fingerprint density at radius 1 is 1.32 bits per heavy atom. The summed E-state index contributed by atoms with van der Waals surface area (Å²) < 4.78 is 4.61. The van der Waals surface area contributed by atoms with Crippen molar-refractivity contribution in [2.75, 3.05) is 23.4 Å². The van der Waals surface area contributed by atoms with Gasteiger partial charge in [-0.3, -0.25) is 14.9 Å². The molecule has 130 valence electrons. The average Bonchev–Trinajstić information content (AvgIpc) is 3.22. The predicted octanol–water partition coefficient (Wildman–Crippen LogP) is 1.56. The molecule has 1 fully saturated rings. The van der Waals surface area contributed by atoms with Crippen molar-refractivity contribution in [3.05, 3.63) is 35.3 Å². The summed E-state index contributed by atoms with van der Waals surface area (Å²) in [6.07, 6.45) is 0.329. The highest BCUT2D eigenvalue weighted by molar-refractivity contribution is 7.15. The number of amides is 2. The molecule has 9 heteroatoms. The van der Waals surface area contributed by atoms with Gasteiger partial charge in [0.1, 0.15) is 5.01 Å². The summed E-state index contributed by atoms with van der Waals surface area (Å²) in [5.41, 5.74) is 0.843. The highest BCUT2D eigenvalue weighted by atomic mass is 32.1. The third-order valence-corrected chi connectivity index (χ3v) is 4.67. The van der Waals surface area contributed by atoms with Gasteiger partial charge in [0.2, 0.25) is 11.0 Å². The molecule has 0 radical (unpaired) electrons. The number of para-hydroxylation sites is 1. The highest BCUT2D eigenvalue weighted by Gasteiger charge is 2.34. The quantitative estimate of drug-likeness (QED) is 0.656. The molecule has 1 N–H and O–H groups in total. The van der Waals surface area contributed by atoms with Gasteiger partial charge in [0.05, 0.1) is 6.61 Å². The number of aromatic nitrogens is 2. The number of carbonyl (C=O) groups is 3. The van der Waals surface area contributed by atoms with Gasteiger partial charge in [-0.2, -0.15) is 0 Å². The van der Waals surface area contributed by atoms with E-state index in [0.717, 1.165) is 17.0 Å². The number of esters is 1. The van der Waals surface area contributed by atoms with Crippen molar-refractivity contribution >= 4 is 39.9 Å². The zero-order valence-corrected chi connectivity index (χ0v) is 14.3. The summed E-state index contributed by atoms with van der Waals surface area (Å²) in [6.45, 7) is 2.24. The van der Waals surface area contributed by atoms with Gasteiger partial charge in [0.15, 0.2) is 0 Å². The summed E-state index contributed by atoms with van der Waals surface area (Å²) in [4.78, 5) is 36.9. The van der Waals surface area contributed by atoms with E-state index in [-0.39, 0.29) is 23.6 Å². The number of carbonyl (C=O) groups excluding carboxylic acids is 3. The van der Waals surface area contributed by atoms with E-state index in [2.05, 4.69) is 20.3 Å². The van der Waals surface area contributed by atoms with Crippen LogP contribution in [0, 0.1) is 0 Å². The highest BCUT2D eigenvalue weighted by Crippen LogP contribution is 2.34. The standard InChI is InChI=1S/C16H16N4O4S/c1-2-24-15(23)13(22)17-16-19-18-14(25-16)10-8-12(21)20(9-10)11-6-4-3-5-7-11/h3-7,10H,2,8-9H2,1H3,(H,17,19,22). The summed E-state index contributed by atoms with van der Waals surface area (Å²) in [6, 6.07) is 9.41. The minimum atomic E-state index is -0.967. The number of benzene rings is 1. The lowest BCUT2D eigenvalue weighted by atomic mass is 10.1. The van der Waals surface area contributed by atoms with Gasteiger partial charge in [-0.15, -0.1) is 10.2 Å². The molecule has 25 heavy (non-hydrogen) atoms. The first-order valence-electron chi connectivity index (χ1n) is 7.75. The van der Waals surface area contributed by atoms with E-state index in [4.69, 9.17) is 0 Å². The molecule has 1 aliphatic rings. The number of nitrogens with zero attached hydrogens (tertiary/aromatic N) is 3. The van der Waals surface area contributed by atoms with E-state index >= 15 is 0 Å². The molecule has 3 rings (SSSR count). The maximum atomic E-state index is 12.3. The maximum absolute atomic E-state index is 12.3. The van der Waals surface area contributed by atoms with Crippen molar-refractivity contribution in [1.82, 2.24) is 10.2 Å². The van der Waals surface area contributed by atoms with E-state index in [0.29, 0.717) is 18.0 Å². The predicted molar refractivity (Wildman–Crippen MR) is 91.3 cm³/mol. The monoisotopic (exact) mass is 360 g/mol. The fraction of sp³-hybridized carbons (Fsp3) is 0.312. The minimum Gasteiger partial charge on any atom is -0.459 e. The van der Waals surface area contributed by atoms with E-state index in [1.807, 2.05) is 30.3 Å². The van der Waals surface area contributed by atoms with Crippen molar-refractivity contribution in [2.24, 2.45) is 0 Å². The Balaban J connectivity index is 1.66. The van der Waals surface area contributed by atoms with Crippen molar-refractivity contribution < 1.29 is 19.1 Å². The Morgan fingerprint density at radius 3 is 2.80 bits per heavy atom. The topological polar surface area (TPSA) is 101 Å². The van der Waals surface area contributed by atoms with E-state index in [1.165, 1.54) is 0 Å². The largest absolute Gasteiger partial charge is 0.459 e. The molecule has 0 bridgehead atoms. The Morgan fingerprint density at radius 2 is 2.08 bits per heavy atom. The average molecular weight is 360 g/mol. The molecule has 2 heterocycles. The molecule has 1 aromatic carbocycles. The Kier molecular flexibility index (Phi) is 5.03. The molecule has 1 unspecified atom stereocenters. The molecular formula is C16H16N4O4S. The van der Waals surface area contributed by atoms with Crippen molar-refractivity contribution in [3.8, 4) is 0 Å². The first kappa shape index (κ1) is 17.0. The minimum absolute atomic E-state index is 0.0171. The van der Waals surface area contributed by atoms with Crippen LogP contribution in [0.3, 0.4) is 0 Å². The Labute approximate surface area is 147 Å². The lowest BCUT2D eigenvalue weighted by molar-refractivity contribution is -0.152. The molecule has 1 atom stereocenters. The summed E-state index contributed by atoms with van der Waals surface area (Å²) in [5, 5.41) is 11.1. The van der Waals surface area contributed by atoms with E-state index in [9.17, 15) is 14.4 Å². The summed E-state index contributed by atoms with van der Waals surface area (Å²) in [7, 11) is 0. The number of nitrogens with one attached hydrogen (secondary N) is 1. The summed E-state index contributed by atoms with van der Waals surface area (Å²) in [5.74, 6) is -1.94. The van der Waals surface area contributed by atoms with Crippen molar-refractivity contribution in [1.29, 1.82) is 0 Å². The first-order chi connectivity index (χ1) is 12.1. The second-order valence-electron chi connectivity index (χ2n) is 5.36. The Bertz CT molecular complexity index is 792. The molecule has 1 aliphatic heterocycles. The van der Waals surface area contributed by atoms with Gasteiger partial charge in [-0.05, 0) is 19.1 Å². The molecule has 2 aromatic rings. The van der Waals surface area contributed by atoms with Crippen LogP contribution in [0.25, 0.3) is 0 Å². The second-order valence-corrected chi connectivity index (χ2v) is 6.37. The van der Waals surface area contributed by atoms with Crippen molar-refractivity contribution in [3.63, 3.8) is 0 Å². The van der Waals surface area contributed by atoms with Gasteiger partial charge in [0.25, 0.3) is 0 Å². The molecule has 1 aromatic heterocycles. The van der Waals surface area contributed by atoms with E-state index in [1.54, 1.807) is 11.8 Å². The van der Waals surface area contributed by atoms with Crippen LogP contribution in [0.2, 0.25) is 0 Å². The van der Waals surface area contributed by atoms with Crippen molar-refractivity contribution in [2.45, 2.75) is 19.3 Å². The van der Waals surface area contributed by atoms with Crippen LogP contribution in [-0.2, 0) is 19.1 Å². The fourth-order valence-electron chi connectivity index (χ4n) is 2.53. The molecule has 0 spiro atoms. The molecule has 0 aliphatic carbocycles. The van der Waals surface area contributed by atoms with Gasteiger partial charge in [-0.1, -0.05) is 29.5 Å². The number of hydrogen-bond acceptors (Lipinski definition) is 7. The lowest BCUT2D eigenvalue weighted by Gasteiger charge is -2.15. The molecule has 8 nitrogen and oxygen atoms in total. The van der Waals surface area contributed by atoms with Gasteiger partial charge in [0, 0.05) is 24.6 Å². The first-order valence-corrected chi connectivity index (χ1v) is 8.57. The van der Waals surface area contributed by atoms with Gasteiger partial charge in [-0.25, -0.2) is 4.79 Å². The zero-order chi connectivity index (χ0) is 17.8. The second kappa shape index (κ2) is 7.39. The Hall–Kier alpha value is -2.81. The third-order valence-electron chi connectivity index (χ3n) is 3.66. The van der Waals surface area contributed by atoms with Crippen LogP contribution in [-0.4, -0.2) is 41.1 Å². The number of anilines is 2.